The average Bonchev–Trinajstić information content (AvgIpc) is 2.84. The van der Waals surface area contributed by atoms with Crippen molar-refractivity contribution in [2.75, 3.05) is 0 Å². The van der Waals surface area contributed by atoms with Crippen LogP contribution in [0.15, 0.2) is 27.6 Å². The summed E-state index contributed by atoms with van der Waals surface area (Å²) in [6.45, 7) is 1.96. The summed E-state index contributed by atoms with van der Waals surface area (Å²) >= 11 is 5.76. The van der Waals surface area contributed by atoms with E-state index < -0.39 is 9.05 Å². The Morgan fingerprint density at radius 2 is 2.14 bits per heavy atom. The maximum atomic E-state index is 11.5. The Balaban J connectivity index is 2.16. The summed E-state index contributed by atoms with van der Waals surface area (Å²) in [6, 6.07) is 4.14. The van der Waals surface area contributed by atoms with Gasteiger partial charge in [-0.3, -0.25) is 0 Å². The molecule has 0 radical (unpaired) electrons. The quantitative estimate of drug-likeness (QED) is 0.744. The number of rotatable bonds is 6. The van der Waals surface area contributed by atoms with Crippen molar-refractivity contribution in [2.45, 2.75) is 31.3 Å². The van der Waals surface area contributed by atoms with Crippen LogP contribution in [0, 0.1) is 0 Å². The third-order valence-corrected chi connectivity index (χ3v) is 4.08. The van der Waals surface area contributed by atoms with E-state index in [1.54, 1.807) is 0 Å². The molecule has 1 aromatic carbocycles. The Labute approximate surface area is 131 Å². The molecule has 114 valence electrons. The number of aryl methyl sites for hydroxylation is 1. The molecule has 2 rings (SSSR count). The van der Waals surface area contributed by atoms with E-state index >= 15 is 0 Å². The summed E-state index contributed by atoms with van der Waals surface area (Å²) in [4.78, 5) is 3.91. The van der Waals surface area contributed by atoms with Crippen molar-refractivity contribution in [3.05, 3.63) is 34.9 Å². The van der Waals surface area contributed by atoms with E-state index in [-0.39, 0.29) is 22.3 Å². The second kappa shape index (κ2) is 6.64. The lowest BCUT2D eigenvalue weighted by molar-refractivity contribution is 0.278. The standard InChI is InChI=1S/C12H12Cl2N2O4S/c1-2-3-12-15-11(16-20-12)7-19-9-5-4-8(13)6-10(9)21(14,17)18/h4-6H,2-3,7H2,1H3. The predicted octanol–water partition coefficient (Wildman–Crippen LogP) is 3.18. The Kier molecular flexibility index (Phi) is 5.08. The number of nitrogens with zero attached hydrogens (tertiary/aromatic N) is 2. The van der Waals surface area contributed by atoms with Gasteiger partial charge in [0, 0.05) is 22.1 Å². The van der Waals surface area contributed by atoms with E-state index in [0.717, 1.165) is 6.42 Å². The van der Waals surface area contributed by atoms with Crippen LogP contribution in [0.1, 0.15) is 25.1 Å². The largest absolute Gasteiger partial charge is 0.484 e. The molecule has 0 N–H and O–H groups in total. The number of ether oxygens (including phenoxy) is 1. The van der Waals surface area contributed by atoms with Crippen LogP contribution in [0.25, 0.3) is 0 Å². The molecule has 0 fully saturated rings. The van der Waals surface area contributed by atoms with Crippen LogP contribution >= 0.6 is 22.3 Å². The van der Waals surface area contributed by atoms with Crippen molar-refractivity contribution in [3.8, 4) is 5.75 Å². The van der Waals surface area contributed by atoms with E-state index in [4.69, 9.17) is 31.5 Å². The molecule has 0 saturated heterocycles. The molecule has 0 spiro atoms. The summed E-state index contributed by atoms with van der Waals surface area (Å²) in [5.41, 5.74) is 0. The molecule has 0 aliphatic rings. The fraction of sp³-hybridized carbons (Fsp3) is 0.333. The van der Waals surface area contributed by atoms with Crippen molar-refractivity contribution in [2.24, 2.45) is 0 Å². The van der Waals surface area contributed by atoms with E-state index in [1.165, 1.54) is 18.2 Å². The second-order valence-electron chi connectivity index (χ2n) is 4.17. The fourth-order valence-electron chi connectivity index (χ4n) is 1.60. The molecule has 0 unspecified atom stereocenters. The summed E-state index contributed by atoms with van der Waals surface area (Å²) in [5, 5.41) is 3.98. The zero-order valence-corrected chi connectivity index (χ0v) is 13.4. The van der Waals surface area contributed by atoms with E-state index in [2.05, 4.69) is 10.1 Å². The van der Waals surface area contributed by atoms with E-state index in [0.29, 0.717) is 18.1 Å². The van der Waals surface area contributed by atoms with Gasteiger partial charge >= 0.3 is 0 Å². The Bertz CT molecular complexity index is 731. The van der Waals surface area contributed by atoms with Gasteiger partial charge in [0.25, 0.3) is 9.05 Å². The maximum absolute atomic E-state index is 11.5. The molecule has 0 aliphatic carbocycles. The maximum Gasteiger partial charge on any atom is 0.265 e. The van der Waals surface area contributed by atoms with Crippen molar-refractivity contribution in [1.82, 2.24) is 10.1 Å². The molecule has 1 heterocycles. The topological polar surface area (TPSA) is 82.3 Å². The SMILES string of the molecule is CCCc1nc(COc2ccc(Cl)cc2S(=O)(=O)Cl)no1. The molecule has 0 bridgehead atoms. The Morgan fingerprint density at radius 1 is 1.38 bits per heavy atom. The lowest BCUT2D eigenvalue weighted by atomic mass is 10.3. The van der Waals surface area contributed by atoms with Gasteiger partial charge < -0.3 is 9.26 Å². The van der Waals surface area contributed by atoms with Crippen molar-refractivity contribution in [1.29, 1.82) is 0 Å². The molecule has 1 aromatic heterocycles. The summed E-state index contributed by atoms with van der Waals surface area (Å²) < 4.78 is 33.4. The molecule has 0 atom stereocenters. The molecule has 21 heavy (non-hydrogen) atoms. The van der Waals surface area contributed by atoms with E-state index in [1.807, 2.05) is 6.92 Å². The first-order chi connectivity index (χ1) is 9.90. The zero-order valence-electron chi connectivity index (χ0n) is 11.0. The first kappa shape index (κ1) is 16.1. The van der Waals surface area contributed by atoms with Crippen LogP contribution in [-0.2, 0) is 22.1 Å². The molecule has 9 heteroatoms. The third kappa shape index (κ3) is 4.33. The minimum absolute atomic E-state index is 0.0335. The van der Waals surface area contributed by atoms with Gasteiger partial charge in [-0.2, -0.15) is 4.98 Å². The number of aromatic nitrogens is 2. The van der Waals surface area contributed by atoms with Gasteiger partial charge in [-0.25, -0.2) is 8.42 Å². The normalized spacial score (nSPS) is 11.6. The smallest absolute Gasteiger partial charge is 0.265 e. The molecule has 2 aromatic rings. The van der Waals surface area contributed by atoms with Crippen LogP contribution in [0.2, 0.25) is 5.02 Å². The Hall–Kier alpha value is -1.31. The summed E-state index contributed by atoms with van der Waals surface area (Å²) in [6.07, 6.45) is 1.56. The van der Waals surface area contributed by atoms with Crippen LogP contribution in [0.5, 0.6) is 5.75 Å². The predicted molar refractivity (Wildman–Crippen MR) is 77.1 cm³/mol. The van der Waals surface area contributed by atoms with Gasteiger partial charge in [0.1, 0.15) is 10.6 Å². The highest BCUT2D eigenvalue weighted by Gasteiger charge is 2.18. The van der Waals surface area contributed by atoms with E-state index in [9.17, 15) is 8.42 Å². The van der Waals surface area contributed by atoms with Gasteiger partial charge in [0.15, 0.2) is 6.61 Å². The highest BCUT2D eigenvalue weighted by molar-refractivity contribution is 8.13. The van der Waals surface area contributed by atoms with Gasteiger partial charge in [-0.15, -0.1) is 0 Å². The molecule has 0 amide bonds. The first-order valence-electron chi connectivity index (χ1n) is 6.08. The van der Waals surface area contributed by atoms with Crippen LogP contribution in [0.3, 0.4) is 0 Å². The average molecular weight is 351 g/mol. The highest BCUT2D eigenvalue weighted by atomic mass is 35.7. The van der Waals surface area contributed by atoms with Gasteiger partial charge in [-0.1, -0.05) is 23.7 Å². The van der Waals surface area contributed by atoms with Gasteiger partial charge in [0.2, 0.25) is 11.7 Å². The van der Waals surface area contributed by atoms with Crippen LogP contribution in [0.4, 0.5) is 0 Å². The van der Waals surface area contributed by atoms with Gasteiger partial charge in [0.05, 0.1) is 0 Å². The second-order valence-corrected chi connectivity index (χ2v) is 7.14. The van der Waals surface area contributed by atoms with Crippen molar-refractivity contribution < 1.29 is 17.7 Å². The van der Waals surface area contributed by atoms with Crippen molar-refractivity contribution in [3.63, 3.8) is 0 Å². The Morgan fingerprint density at radius 3 is 2.81 bits per heavy atom. The van der Waals surface area contributed by atoms with Gasteiger partial charge in [-0.05, 0) is 24.6 Å². The molecular weight excluding hydrogens is 339 g/mol. The number of hydrogen-bond acceptors (Lipinski definition) is 6. The first-order valence-corrected chi connectivity index (χ1v) is 8.77. The molecular formula is C12H12Cl2N2O4S. The third-order valence-electron chi connectivity index (χ3n) is 2.50. The summed E-state index contributed by atoms with van der Waals surface area (Å²) in [5.74, 6) is 0.917. The number of benzene rings is 1. The minimum atomic E-state index is -3.97. The molecule has 0 aliphatic heterocycles. The highest BCUT2D eigenvalue weighted by Crippen LogP contribution is 2.30. The molecule has 0 saturated carbocycles. The lowest BCUT2D eigenvalue weighted by Crippen LogP contribution is -2.02. The van der Waals surface area contributed by atoms with Crippen LogP contribution in [-0.4, -0.2) is 18.6 Å². The minimum Gasteiger partial charge on any atom is -0.484 e. The number of hydrogen-bond donors (Lipinski definition) is 0. The monoisotopic (exact) mass is 350 g/mol. The zero-order chi connectivity index (χ0) is 15.5. The van der Waals surface area contributed by atoms with Crippen molar-refractivity contribution >= 4 is 31.3 Å². The van der Waals surface area contributed by atoms with Crippen LogP contribution < -0.4 is 4.74 Å². The summed E-state index contributed by atoms with van der Waals surface area (Å²) in [7, 11) is 1.38. The number of halogens is 2. The molecule has 6 nitrogen and oxygen atoms in total. The fourth-order valence-corrected chi connectivity index (χ4v) is 2.83. The lowest BCUT2D eigenvalue weighted by Gasteiger charge is -2.08.